The molecule has 2 aromatic carbocycles. The Morgan fingerprint density at radius 1 is 1.12 bits per heavy atom. The van der Waals surface area contributed by atoms with Crippen molar-refractivity contribution < 1.29 is 24.2 Å². The Balaban J connectivity index is 1.51. The lowest BCUT2D eigenvalue weighted by Gasteiger charge is -2.31. The fraction of sp³-hybridized carbons (Fsp3) is 0.217. The number of ether oxygens (including phenoxy) is 1. The number of amides is 3. The molecule has 3 aromatic rings. The van der Waals surface area contributed by atoms with Crippen molar-refractivity contribution >= 4 is 46.5 Å². The molecule has 2 aliphatic rings. The molecule has 1 saturated heterocycles. The Morgan fingerprint density at radius 2 is 1.85 bits per heavy atom. The molecule has 0 radical (unpaired) electrons. The van der Waals surface area contributed by atoms with Gasteiger partial charge in [-0.05, 0) is 30.3 Å². The minimum Gasteiger partial charge on any atom is -0.508 e. The second-order valence-corrected chi connectivity index (χ2v) is 9.98. The van der Waals surface area contributed by atoms with Crippen molar-refractivity contribution in [3.8, 4) is 11.5 Å². The molecule has 1 aromatic heterocycles. The molecular formula is C23H19N3O6S2. The monoisotopic (exact) mass is 497 g/mol. The maximum atomic E-state index is 12.9. The Kier molecular flexibility index (Phi) is 5.66. The molecule has 0 bridgehead atoms. The number of fused-ring (bicyclic) bond motifs is 2. The number of benzene rings is 2. The van der Waals surface area contributed by atoms with E-state index in [9.17, 15) is 24.3 Å². The van der Waals surface area contributed by atoms with Gasteiger partial charge in [0, 0.05) is 22.0 Å². The van der Waals surface area contributed by atoms with Crippen LogP contribution in [0.1, 0.15) is 16.4 Å². The van der Waals surface area contributed by atoms with Gasteiger partial charge in [0.05, 0.1) is 18.1 Å². The van der Waals surface area contributed by atoms with E-state index >= 15 is 0 Å². The van der Waals surface area contributed by atoms with E-state index in [0.29, 0.717) is 26.9 Å². The summed E-state index contributed by atoms with van der Waals surface area (Å²) >= 11 is 2.03. The summed E-state index contributed by atoms with van der Waals surface area (Å²) in [4.78, 5) is 51.1. The maximum Gasteiger partial charge on any atom is 0.308 e. The fourth-order valence-corrected chi connectivity index (χ4v) is 7.01. The van der Waals surface area contributed by atoms with Crippen LogP contribution < -0.4 is 20.2 Å². The lowest BCUT2D eigenvalue weighted by atomic mass is 9.82. The Labute approximate surface area is 201 Å². The van der Waals surface area contributed by atoms with E-state index in [1.807, 2.05) is 0 Å². The number of hydrogen-bond acceptors (Lipinski definition) is 8. The second kappa shape index (κ2) is 8.65. The predicted octanol–water partition coefficient (Wildman–Crippen LogP) is 2.14. The normalized spacial score (nSPS) is 20.9. The summed E-state index contributed by atoms with van der Waals surface area (Å²) in [6, 6.07) is 13.3. The van der Waals surface area contributed by atoms with Gasteiger partial charge in [0.1, 0.15) is 23.3 Å². The number of rotatable bonds is 5. The van der Waals surface area contributed by atoms with Gasteiger partial charge in [0.2, 0.25) is 17.7 Å². The number of hydrogen-bond donors (Lipinski definition) is 3. The maximum absolute atomic E-state index is 12.9. The number of nitrogens with one attached hydrogen (secondary N) is 2. The summed E-state index contributed by atoms with van der Waals surface area (Å²) in [7, 11) is 1.54. The van der Waals surface area contributed by atoms with Crippen LogP contribution in [-0.4, -0.2) is 39.8 Å². The number of carbonyl (C=O) groups is 3. The number of aromatic nitrogens is 1. The number of phenols is 1. The number of aromatic hydroxyl groups is 1. The predicted molar refractivity (Wildman–Crippen MR) is 126 cm³/mol. The molecule has 9 nitrogen and oxygen atoms in total. The number of thioether (sulfide) groups is 1. The number of nitrogens with zero attached hydrogens (tertiary/aromatic N) is 1. The third-order valence-electron chi connectivity index (χ3n) is 5.83. The molecule has 0 aliphatic carbocycles. The third kappa shape index (κ3) is 3.76. The molecule has 3 N–H and O–H groups in total. The van der Waals surface area contributed by atoms with E-state index < -0.39 is 34.8 Å². The van der Waals surface area contributed by atoms with Crippen molar-refractivity contribution in [2.75, 3.05) is 12.4 Å². The first-order valence-electron chi connectivity index (χ1n) is 10.3. The van der Waals surface area contributed by atoms with Crippen LogP contribution in [0, 0.1) is 5.92 Å². The summed E-state index contributed by atoms with van der Waals surface area (Å²) in [6.07, 6.45) is 0. The summed E-state index contributed by atoms with van der Waals surface area (Å²) in [5, 5.41) is 15.3. The van der Waals surface area contributed by atoms with Crippen LogP contribution in [0.2, 0.25) is 0 Å². The van der Waals surface area contributed by atoms with Gasteiger partial charge in [0.15, 0.2) is 0 Å². The van der Waals surface area contributed by atoms with Gasteiger partial charge in [0.25, 0.3) is 0 Å². The summed E-state index contributed by atoms with van der Waals surface area (Å²) in [6.45, 7) is -0.260. The molecule has 3 atom stereocenters. The van der Waals surface area contributed by atoms with E-state index in [2.05, 4.69) is 10.6 Å². The number of carbonyl (C=O) groups excluding carboxylic acids is 3. The minimum atomic E-state index is -0.769. The van der Waals surface area contributed by atoms with Crippen LogP contribution in [0.3, 0.4) is 0 Å². The second-order valence-electron chi connectivity index (χ2n) is 7.85. The molecule has 11 heteroatoms. The van der Waals surface area contributed by atoms with Gasteiger partial charge < -0.3 is 15.2 Å². The van der Waals surface area contributed by atoms with Crippen LogP contribution >= 0.6 is 23.1 Å². The molecular weight excluding hydrogens is 478 g/mol. The van der Waals surface area contributed by atoms with Crippen LogP contribution in [0.4, 0.5) is 5.69 Å². The van der Waals surface area contributed by atoms with Crippen molar-refractivity contribution in [1.82, 2.24) is 9.88 Å². The Morgan fingerprint density at radius 3 is 2.56 bits per heavy atom. The van der Waals surface area contributed by atoms with Gasteiger partial charge in [-0.3, -0.25) is 29.1 Å². The largest absolute Gasteiger partial charge is 0.508 e. The highest BCUT2D eigenvalue weighted by molar-refractivity contribution is 8.00. The Hall–Kier alpha value is -3.57. The molecule has 174 valence electrons. The van der Waals surface area contributed by atoms with Crippen LogP contribution in [0.5, 0.6) is 11.5 Å². The highest BCUT2D eigenvalue weighted by Crippen LogP contribution is 2.52. The summed E-state index contributed by atoms with van der Waals surface area (Å²) in [5.74, 6) is -2.13. The Bertz CT molecular complexity index is 1360. The van der Waals surface area contributed by atoms with Crippen LogP contribution in [-0.2, 0) is 20.9 Å². The standard InChI is InChI=1S/C23H19N3O6S2/c1-32-12-8-6-11(7-9-12)24-15(28)10-26-22-19(34-23(26)31)16(13-4-2-3-5-14(13)27)17-18(33-22)21(30)25-20(17)29/h2-9,16-18,27H,10H2,1H3,(H,24,28)(H,25,29,30)/t16-,17+,18-/m0/s1. The smallest absolute Gasteiger partial charge is 0.308 e. The average molecular weight is 498 g/mol. The van der Waals surface area contributed by atoms with Crippen molar-refractivity contribution in [3.63, 3.8) is 0 Å². The fourth-order valence-electron chi connectivity index (χ4n) is 4.28. The van der Waals surface area contributed by atoms with E-state index in [1.165, 1.54) is 10.6 Å². The molecule has 3 amide bonds. The highest BCUT2D eigenvalue weighted by atomic mass is 32.2. The van der Waals surface area contributed by atoms with Gasteiger partial charge in [-0.25, -0.2) is 0 Å². The van der Waals surface area contributed by atoms with Crippen LogP contribution in [0.25, 0.3) is 0 Å². The van der Waals surface area contributed by atoms with Crippen molar-refractivity contribution in [2.24, 2.45) is 5.92 Å². The van der Waals surface area contributed by atoms with E-state index in [1.54, 1.807) is 49.6 Å². The zero-order valence-corrected chi connectivity index (χ0v) is 19.4. The van der Waals surface area contributed by atoms with Crippen LogP contribution in [0.15, 0.2) is 58.4 Å². The first-order chi connectivity index (χ1) is 16.4. The van der Waals surface area contributed by atoms with E-state index in [4.69, 9.17) is 4.74 Å². The van der Waals surface area contributed by atoms with Gasteiger partial charge in [-0.2, -0.15) is 0 Å². The molecule has 2 aliphatic heterocycles. The van der Waals surface area contributed by atoms with Crippen molar-refractivity contribution in [3.05, 3.63) is 68.6 Å². The van der Waals surface area contributed by atoms with E-state index in [0.717, 1.165) is 23.1 Å². The number of imide groups is 1. The summed E-state index contributed by atoms with van der Waals surface area (Å²) in [5.41, 5.74) is 1.00. The zero-order valence-electron chi connectivity index (χ0n) is 17.8. The highest BCUT2D eigenvalue weighted by Gasteiger charge is 2.53. The zero-order chi connectivity index (χ0) is 24.0. The number of para-hydroxylation sites is 1. The van der Waals surface area contributed by atoms with Gasteiger partial charge >= 0.3 is 4.87 Å². The lowest BCUT2D eigenvalue weighted by molar-refractivity contribution is -0.126. The summed E-state index contributed by atoms with van der Waals surface area (Å²) < 4.78 is 6.43. The first-order valence-corrected chi connectivity index (χ1v) is 12.0. The van der Waals surface area contributed by atoms with Crippen molar-refractivity contribution in [2.45, 2.75) is 22.7 Å². The minimum absolute atomic E-state index is 0.0269. The molecule has 34 heavy (non-hydrogen) atoms. The number of anilines is 1. The molecule has 0 spiro atoms. The first kappa shape index (κ1) is 22.2. The number of phenolic OH excluding ortho intramolecular Hbond substituents is 1. The molecule has 5 rings (SSSR count). The molecule has 0 unspecified atom stereocenters. The van der Waals surface area contributed by atoms with Gasteiger partial charge in [-0.1, -0.05) is 41.3 Å². The third-order valence-corrected chi connectivity index (χ3v) is 8.45. The number of thiazole rings is 1. The molecule has 1 fully saturated rings. The van der Waals surface area contributed by atoms with E-state index in [-0.39, 0.29) is 17.2 Å². The van der Waals surface area contributed by atoms with Crippen molar-refractivity contribution in [1.29, 1.82) is 0 Å². The van der Waals surface area contributed by atoms with Gasteiger partial charge in [-0.15, -0.1) is 0 Å². The molecule has 3 heterocycles. The lowest BCUT2D eigenvalue weighted by Crippen LogP contribution is -2.32. The molecule has 0 saturated carbocycles. The topological polar surface area (TPSA) is 127 Å². The average Bonchev–Trinajstić information content (AvgIpc) is 3.28. The number of methoxy groups -OCH3 is 1. The quantitative estimate of drug-likeness (QED) is 0.461. The SMILES string of the molecule is COc1ccc(NC(=O)Cn2c3c(sc2=O)[C@@H](c2ccccc2O)[C@H]2C(=O)NC(=O)[C@H]2S3)cc1.